The average molecular weight is 393 g/mol. The lowest BCUT2D eigenvalue weighted by molar-refractivity contribution is 0.0954. The highest BCUT2D eigenvalue weighted by Crippen LogP contribution is 2.12. The second-order valence-corrected chi connectivity index (χ2v) is 6.59. The lowest BCUT2D eigenvalue weighted by Gasteiger charge is -2.09. The van der Waals surface area contributed by atoms with E-state index in [0.717, 1.165) is 29.7 Å². The molecule has 3 rings (SSSR count). The Morgan fingerprint density at radius 2 is 1.62 bits per heavy atom. The first kappa shape index (κ1) is 20.3. The van der Waals surface area contributed by atoms with Crippen molar-refractivity contribution in [3.63, 3.8) is 0 Å². The molecule has 0 spiro atoms. The monoisotopic (exact) mass is 393 g/mol. The lowest BCUT2D eigenvalue weighted by atomic mass is 10.1. The minimum absolute atomic E-state index is 0.137. The van der Waals surface area contributed by atoms with Crippen molar-refractivity contribution < 1.29 is 13.9 Å². The van der Waals surface area contributed by atoms with Crippen LogP contribution >= 0.6 is 0 Å². The zero-order valence-electron chi connectivity index (χ0n) is 16.3. The fraction of sp³-hybridized carbons (Fsp3) is 0.217. The first-order valence-electron chi connectivity index (χ1n) is 9.49. The number of methoxy groups -OCH3 is 1. The van der Waals surface area contributed by atoms with Gasteiger partial charge in [0.1, 0.15) is 17.4 Å². The van der Waals surface area contributed by atoms with E-state index in [-0.39, 0.29) is 11.7 Å². The van der Waals surface area contributed by atoms with Crippen LogP contribution in [0.1, 0.15) is 21.5 Å². The summed E-state index contributed by atoms with van der Waals surface area (Å²) in [6, 6.07) is 17.6. The third-order valence-electron chi connectivity index (χ3n) is 4.51. The molecule has 1 heterocycles. The van der Waals surface area contributed by atoms with Gasteiger partial charge in [-0.1, -0.05) is 24.3 Å². The van der Waals surface area contributed by atoms with Gasteiger partial charge < -0.3 is 15.4 Å². The standard InChI is InChI=1S/C23H24FN3O2/c1-29-21-8-4-18(5-9-21)11-14-27-23(28)19-12-15-26-22(16-19)25-13-10-17-2-6-20(24)7-3-17/h2-9,12,15-16H,10-11,13-14H2,1H3,(H,25,26)(H,27,28). The van der Waals surface area contributed by atoms with Gasteiger partial charge in [0.15, 0.2) is 0 Å². The molecular weight excluding hydrogens is 369 g/mol. The number of benzene rings is 2. The van der Waals surface area contributed by atoms with Gasteiger partial charge in [0, 0.05) is 24.8 Å². The highest BCUT2D eigenvalue weighted by atomic mass is 19.1. The molecule has 150 valence electrons. The van der Waals surface area contributed by atoms with E-state index in [1.165, 1.54) is 12.1 Å². The largest absolute Gasteiger partial charge is 0.497 e. The molecule has 0 fully saturated rings. The predicted octanol–water partition coefficient (Wildman–Crippen LogP) is 3.86. The number of carbonyl (C=O) groups excluding carboxylic acids is 1. The second-order valence-electron chi connectivity index (χ2n) is 6.59. The van der Waals surface area contributed by atoms with Crippen LogP contribution in [0.5, 0.6) is 5.75 Å². The summed E-state index contributed by atoms with van der Waals surface area (Å²) in [7, 11) is 1.63. The molecule has 0 saturated heterocycles. The third kappa shape index (κ3) is 6.31. The van der Waals surface area contributed by atoms with Crippen LogP contribution in [-0.4, -0.2) is 31.1 Å². The van der Waals surface area contributed by atoms with E-state index in [1.807, 2.05) is 24.3 Å². The van der Waals surface area contributed by atoms with Crippen molar-refractivity contribution in [3.8, 4) is 5.75 Å². The summed E-state index contributed by atoms with van der Waals surface area (Å²) in [5.74, 6) is 1.07. The van der Waals surface area contributed by atoms with Gasteiger partial charge in [0.05, 0.1) is 7.11 Å². The minimum Gasteiger partial charge on any atom is -0.497 e. The van der Waals surface area contributed by atoms with Gasteiger partial charge in [-0.3, -0.25) is 4.79 Å². The van der Waals surface area contributed by atoms with Crippen LogP contribution in [0.4, 0.5) is 10.2 Å². The number of nitrogens with one attached hydrogen (secondary N) is 2. The molecule has 1 aromatic heterocycles. The van der Waals surface area contributed by atoms with Crippen LogP contribution in [0.2, 0.25) is 0 Å². The first-order valence-corrected chi connectivity index (χ1v) is 9.49. The van der Waals surface area contributed by atoms with Crippen molar-refractivity contribution in [3.05, 3.63) is 89.4 Å². The van der Waals surface area contributed by atoms with E-state index in [1.54, 1.807) is 37.6 Å². The van der Waals surface area contributed by atoms with Gasteiger partial charge in [-0.25, -0.2) is 9.37 Å². The van der Waals surface area contributed by atoms with Crippen molar-refractivity contribution in [2.45, 2.75) is 12.8 Å². The van der Waals surface area contributed by atoms with Crippen LogP contribution in [0, 0.1) is 5.82 Å². The van der Waals surface area contributed by atoms with Crippen molar-refractivity contribution in [1.82, 2.24) is 10.3 Å². The Labute approximate surface area is 169 Å². The maximum absolute atomic E-state index is 12.9. The van der Waals surface area contributed by atoms with Gasteiger partial charge in [-0.2, -0.15) is 0 Å². The molecule has 1 amide bonds. The lowest BCUT2D eigenvalue weighted by Crippen LogP contribution is -2.25. The number of aromatic nitrogens is 1. The number of nitrogens with zero attached hydrogens (tertiary/aromatic N) is 1. The molecule has 0 atom stereocenters. The maximum Gasteiger partial charge on any atom is 0.251 e. The zero-order chi connectivity index (χ0) is 20.5. The van der Waals surface area contributed by atoms with Crippen molar-refractivity contribution in [1.29, 1.82) is 0 Å². The molecule has 0 radical (unpaired) electrons. The number of hydrogen-bond acceptors (Lipinski definition) is 4. The SMILES string of the molecule is COc1ccc(CCNC(=O)c2ccnc(NCCc3ccc(F)cc3)c2)cc1. The fourth-order valence-electron chi connectivity index (χ4n) is 2.87. The Balaban J connectivity index is 1.46. The summed E-state index contributed by atoms with van der Waals surface area (Å²) >= 11 is 0. The summed E-state index contributed by atoms with van der Waals surface area (Å²) < 4.78 is 18.1. The molecule has 2 aromatic carbocycles. The van der Waals surface area contributed by atoms with E-state index in [0.29, 0.717) is 24.5 Å². The molecule has 3 aromatic rings. The van der Waals surface area contributed by atoms with E-state index in [2.05, 4.69) is 15.6 Å². The number of carbonyl (C=O) groups is 1. The summed E-state index contributed by atoms with van der Waals surface area (Å²) in [5, 5.41) is 6.13. The topological polar surface area (TPSA) is 63.2 Å². The van der Waals surface area contributed by atoms with Gasteiger partial charge in [0.25, 0.3) is 5.91 Å². The quantitative estimate of drug-likeness (QED) is 0.580. The molecule has 6 heteroatoms. The van der Waals surface area contributed by atoms with Crippen molar-refractivity contribution in [2.24, 2.45) is 0 Å². The maximum atomic E-state index is 12.9. The summed E-state index contributed by atoms with van der Waals surface area (Å²) in [4.78, 5) is 16.6. The van der Waals surface area contributed by atoms with Gasteiger partial charge >= 0.3 is 0 Å². The Hall–Kier alpha value is -3.41. The number of rotatable bonds is 9. The van der Waals surface area contributed by atoms with Crippen molar-refractivity contribution >= 4 is 11.7 Å². The Bertz CT molecular complexity index is 928. The van der Waals surface area contributed by atoms with Crippen LogP contribution in [-0.2, 0) is 12.8 Å². The van der Waals surface area contributed by atoms with E-state index < -0.39 is 0 Å². The van der Waals surface area contributed by atoms with Crippen LogP contribution in [0.25, 0.3) is 0 Å². The summed E-state index contributed by atoms with van der Waals surface area (Å²) in [5.41, 5.74) is 2.72. The first-order chi connectivity index (χ1) is 14.1. The normalized spacial score (nSPS) is 10.4. The molecule has 0 aliphatic carbocycles. The van der Waals surface area contributed by atoms with Crippen LogP contribution < -0.4 is 15.4 Å². The number of pyridine rings is 1. The molecule has 0 saturated carbocycles. The van der Waals surface area contributed by atoms with E-state index >= 15 is 0 Å². The van der Waals surface area contributed by atoms with Crippen molar-refractivity contribution in [2.75, 3.05) is 25.5 Å². The zero-order valence-corrected chi connectivity index (χ0v) is 16.3. The minimum atomic E-state index is -0.242. The number of anilines is 1. The molecule has 29 heavy (non-hydrogen) atoms. The smallest absolute Gasteiger partial charge is 0.251 e. The molecule has 0 aliphatic rings. The van der Waals surface area contributed by atoms with Gasteiger partial charge in [0.2, 0.25) is 0 Å². The average Bonchev–Trinajstić information content (AvgIpc) is 2.76. The highest BCUT2D eigenvalue weighted by Gasteiger charge is 2.07. The van der Waals surface area contributed by atoms with E-state index in [4.69, 9.17) is 4.74 Å². The highest BCUT2D eigenvalue weighted by molar-refractivity contribution is 5.94. The Kier molecular flexibility index (Phi) is 7.16. The Morgan fingerprint density at radius 1 is 0.966 bits per heavy atom. The van der Waals surface area contributed by atoms with Crippen LogP contribution in [0.15, 0.2) is 66.9 Å². The fourth-order valence-corrected chi connectivity index (χ4v) is 2.87. The number of halogens is 1. The summed E-state index contributed by atoms with van der Waals surface area (Å²) in [6.45, 7) is 1.18. The molecule has 0 unspecified atom stereocenters. The third-order valence-corrected chi connectivity index (χ3v) is 4.51. The molecule has 0 bridgehead atoms. The number of ether oxygens (including phenoxy) is 1. The number of hydrogen-bond donors (Lipinski definition) is 2. The molecular formula is C23H24FN3O2. The van der Waals surface area contributed by atoms with E-state index in [9.17, 15) is 9.18 Å². The van der Waals surface area contributed by atoms with Gasteiger partial charge in [-0.05, 0) is 60.4 Å². The Morgan fingerprint density at radius 3 is 2.31 bits per heavy atom. The number of amides is 1. The molecule has 2 N–H and O–H groups in total. The second kappa shape index (κ2) is 10.2. The van der Waals surface area contributed by atoms with Crippen LogP contribution in [0.3, 0.4) is 0 Å². The summed E-state index contributed by atoms with van der Waals surface area (Å²) in [6.07, 6.45) is 3.09. The molecule has 5 nitrogen and oxygen atoms in total. The molecule has 0 aliphatic heterocycles. The predicted molar refractivity (Wildman–Crippen MR) is 112 cm³/mol. The van der Waals surface area contributed by atoms with Gasteiger partial charge in [-0.15, -0.1) is 0 Å².